The van der Waals surface area contributed by atoms with Crippen LogP contribution in [0.2, 0.25) is 0 Å². The zero-order valence-electron chi connectivity index (χ0n) is 12.5. The Morgan fingerprint density at radius 2 is 1.89 bits per heavy atom. The molecule has 0 aromatic carbocycles. The van der Waals surface area contributed by atoms with Gasteiger partial charge < -0.3 is 5.41 Å². The van der Waals surface area contributed by atoms with E-state index >= 15 is 0 Å². The maximum Gasteiger partial charge on any atom is 0.0536 e. The van der Waals surface area contributed by atoms with Crippen molar-refractivity contribution in [2.24, 2.45) is 29.1 Å². The van der Waals surface area contributed by atoms with Crippen molar-refractivity contribution >= 4 is 5.71 Å². The quantitative estimate of drug-likeness (QED) is 0.719. The molecule has 0 spiro atoms. The summed E-state index contributed by atoms with van der Waals surface area (Å²) in [5.74, 6) is 2.97. The number of rotatable bonds is 2. The molecule has 1 nitrogen and oxygen atoms in total. The van der Waals surface area contributed by atoms with Crippen LogP contribution < -0.4 is 0 Å². The Hall–Kier alpha value is -0.850. The summed E-state index contributed by atoms with van der Waals surface area (Å²) in [6.07, 6.45) is 8.90. The Bertz CT molecular complexity index is 400. The highest BCUT2D eigenvalue weighted by molar-refractivity contribution is 6.03. The molecule has 3 atom stereocenters. The van der Waals surface area contributed by atoms with Crippen LogP contribution in [-0.4, -0.2) is 5.71 Å². The molecule has 1 N–H and O–H groups in total. The maximum absolute atomic E-state index is 7.84. The zero-order chi connectivity index (χ0) is 13.5. The number of fused-ring (bicyclic) bond motifs is 1. The van der Waals surface area contributed by atoms with Gasteiger partial charge in [-0.05, 0) is 48.7 Å². The minimum atomic E-state index is 0.186. The van der Waals surface area contributed by atoms with Crippen molar-refractivity contribution in [3.8, 4) is 0 Å². The van der Waals surface area contributed by atoms with Gasteiger partial charge in [-0.15, -0.1) is 0 Å². The van der Waals surface area contributed by atoms with E-state index in [0.29, 0.717) is 17.5 Å². The molecule has 1 saturated carbocycles. The van der Waals surface area contributed by atoms with E-state index in [0.717, 1.165) is 11.8 Å². The lowest BCUT2D eigenvalue weighted by Gasteiger charge is -2.51. The van der Waals surface area contributed by atoms with Crippen molar-refractivity contribution in [2.45, 2.75) is 47.5 Å². The van der Waals surface area contributed by atoms with E-state index in [1.54, 1.807) is 0 Å². The first-order valence-corrected chi connectivity index (χ1v) is 7.35. The van der Waals surface area contributed by atoms with E-state index in [4.69, 9.17) is 5.41 Å². The van der Waals surface area contributed by atoms with Crippen LogP contribution >= 0.6 is 0 Å². The highest BCUT2D eigenvalue weighted by Gasteiger charge is 2.46. The first-order valence-electron chi connectivity index (χ1n) is 7.35. The molecule has 0 radical (unpaired) electrons. The largest absolute Gasteiger partial charge is 0.301 e. The standard InChI is InChI=1S/C17H27N/c1-11(2)15-7-6-13-10-14(18)8-9-17(13,5)16(15)12(3)4/h8-12,15-16,18H,6-7H2,1-5H3/t15?,16?,17-/m0/s1. The summed E-state index contributed by atoms with van der Waals surface area (Å²) in [5.41, 5.74) is 2.35. The molecule has 0 aromatic heterocycles. The fourth-order valence-corrected chi connectivity index (χ4v) is 4.31. The topological polar surface area (TPSA) is 23.9 Å². The van der Waals surface area contributed by atoms with Gasteiger partial charge in [-0.1, -0.05) is 46.3 Å². The Kier molecular flexibility index (Phi) is 3.53. The normalized spacial score (nSPS) is 35.9. The number of hydrogen-bond acceptors (Lipinski definition) is 1. The number of hydrogen-bond donors (Lipinski definition) is 1. The van der Waals surface area contributed by atoms with Crippen molar-refractivity contribution in [2.75, 3.05) is 0 Å². The second-order valence-corrected chi connectivity index (χ2v) is 6.96. The van der Waals surface area contributed by atoms with Gasteiger partial charge in [0.15, 0.2) is 0 Å². The molecular weight excluding hydrogens is 218 g/mol. The van der Waals surface area contributed by atoms with E-state index < -0.39 is 0 Å². The lowest BCUT2D eigenvalue weighted by Crippen LogP contribution is -2.43. The summed E-state index contributed by atoms with van der Waals surface area (Å²) in [6, 6.07) is 0. The van der Waals surface area contributed by atoms with E-state index in [1.165, 1.54) is 18.4 Å². The molecule has 1 fully saturated rings. The molecule has 0 saturated heterocycles. The third kappa shape index (κ3) is 2.08. The summed E-state index contributed by atoms with van der Waals surface area (Å²) in [5, 5.41) is 7.84. The van der Waals surface area contributed by atoms with E-state index in [2.05, 4.69) is 46.8 Å². The van der Waals surface area contributed by atoms with Gasteiger partial charge in [-0.3, -0.25) is 0 Å². The molecule has 100 valence electrons. The number of allylic oxidation sites excluding steroid dienone is 4. The highest BCUT2D eigenvalue weighted by Crippen LogP contribution is 2.54. The minimum Gasteiger partial charge on any atom is -0.301 e. The van der Waals surface area contributed by atoms with Gasteiger partial charge in [-0.2, -0.15) is 0 Å². The predicted molar refractivity (Wildman–Crippen MR) is 78.9 cm³/mol. The average molecular weight is 245 g/mol. The van der Waals surface area contributed by atoms with E-state index in [-0.39, 0.29) is 5.41 Å². The summed E-state index contributed by atoms with van der Waals surface area (Å²) in [7, 11) is 0. The lowest BCUT2D eigenvalue weighted by atomic mass is 9.53. The Labute approximate surface area is 112 Å². The molecule has 1 heteroatoms. The Balaban J connectivity index is 2.42. The third-order valence-electron chi connectivity index (χ3n) is 5.11. The fraction of sp³-hybridized carbons (Fsp3) is 0.706. The van der Waals surface area contributed by atoms with Gasteiger partial charge >= 0.3 is 0 Å². The summed E-state index contributed by atoms with van der Waals surface area (Å²) < 4.78 is 0. The van der Waals surface area contributed by atoms with Gasteiger partial charge in [-0.25, -0.2) is 0 Å². The van der Waals surface area contributed by atoms with Gasteiger partial charge in [0.2, 0.25) is 0 Å². The summed E-state index contributed by atoms with van der Waals surface area (Å²) >= 11 is 0. The van der Waals surface area contributed by atoms with Crippen molar-refractivity contribution in [3.63, 3.8) is 0 Å². The predicted octanol–water partition coefficient (Wildman–Crippen LogP) is 4.85. The monoisotopic (exact) mass is 245 g/mol. The molecule has 2 aliphatic rings. The van der Waals surface area contributed by atoms with Crippen LogP contribution in [0.4, 0.5) is 0 Å². The number of nitrogens with one attached hydrogen (secondary N) is 1. The molecule has 0 heterocycles. The highest BCUT2D eigenvalue weighted by atomic mass is 14.5. The van der Waals surface area contributed by atoms with Crippen LogP contribution in [0.1, 0.15) is 47.5 Å². The zero-order valence-corrected chi connectivity index (χ0v) is 12.5. The lowest BCUT2D eigenvalue weighted by molar-refractivity contribution is 0.0732. The van der Waals surface area contributed by atoms with Gasteiger partial charge in [0.25, 0.3) is 0 Å². The molecule has 0 aliphatic heterocycles. The Morgan fingerprint density at radius 1 is 1.22 bits per heavy atom. The van der Waals surface area contributed by atoms with Crippen LogP contribution in [0.5, 0.6) is 0 Å². The molecule has 0 bridgehead atoms. The van der Waals surface area contributed by atoms with Gasteiger partial charge in [0.05, 0.1) is 5.71 Å². The fourth-order valence-electron chi connectivity index (χ4n) is 4.31. The Morgan fingerprint density at radius 3 is 2.44 bits per heavy atom. The van der Waals surface area contributed by atoms with Crippen LogP contribution in [0.3, 0.4) is 0 Å². The second kappa shape index (κ2) is 4.68. The smallest absolute Gasteiger partial charge is 0.0536 e. The molecule has 0 amide bonds. The molecule has 0 aromatic rings. The van der Waals surface area contributed by atoms with Crippen LogP contribution in [0.15, 0.2) is 23.8 Å². The average Bonchev–Trinajstić information content (AvgIpc) is 2.27. The van der Waals surface area contributed by atoms with Crippen LogP contribution in [0, 0.1) is 34.5 Å². The SMILES string of the molecule is CC(C)C1CCC2=CC(=N)C=C[C@]2(C)C1C(C)C. The van der Waals surface area contributed by atoms with Crippen LogP contribution in [-0.2, 0) is 0 Å². The second-order valence-electron chi connectivity index (χ2n) is 6.96. The van der Waals surface area contributed by atoms with Crippen molar-refractivity contribution < 1.29 is 0 Å². The molecular formula is C17H27N. The minimum absolute atomic E-state index is 0.186. The molecule has 2 rings (SSSR count). The van der Waals surface area contributed by atoms with Gasteiger partial charge in [0.1, 0.15) is 0 Å². The van der Waals surface area contributed by atoms with Gasteiger partial charge in [0, 0.05) is 5.41 Å². The van der Waals surface area contributed by atoms with Crippen molar-refractivity contribution in [3.05, 3.63) is 23.8 Å². The van der Waals surface area contributed by atoms with E-state index in [1.807, 2.05) is 6.08 Å². The summed E-state index contributed by atoms with van der Waals surface area (Å²) in [4.78, 5) is 0. The molecule has 2 unspecified atom stereocenters. The van der Waals surface area contributed by atoms with Crippen molar-refractivity contribution in [1.82, 2.24) is 0 Å². The molecule has 2 aliphatic carbocycles. The first kappa shape index (κ1) is 13.6. The van der Waals surface area contributed by atoms with Crippen molar-refractivity contribution in [1.29, 1.82) is 5.41 Å². The van der Waals surface area contributed by atoms with E-state index in [9.17, 15) is 0 Å². The third-order valence-corrected chi connectivity index (χ3v) is 5.11. The summed E-state index contributed by atoms with van der Waals surface area (Å²) in [6.45, 7) is 11.9. The first-order chi connectivity index (χ1) is 8.36. The molecule has 18 heavy (non-hydrogen) atoms. The van der Waals surface area contributed by atoms with Crippen LogP contribution in [0.25, 0.3) is 0 Å². The maximum atomic E-state index is 7.84.